The summed E-state index contributed by atoms with van der Waals surface area (Å²) < 4.78 is 48.8. The summed E-state index contributed by atoms with van der Waals surface area (Å²) in [5.41, 5.74) is -0.269. The standard InChI is InChI=1S/C17H12F3N3O4/c1-10-7-13(5-6-14(10)23(24)25)26-9-15-21-16(22-27-15)11-3-2-4-12(8-11)17(18,19)20/h2-8H,9H2,1H3. The van der Waals surface area contributed by atoms with Crippen LogP contribution >= 0.6 is 0 Å². The number of aryl methyl sites for hydroxylation is 1. The largest absolute Gasteiger partial charge is 0.484 e. The highest BCUT2D eigenvalue weighted by molar-refractivity contribution is 5.55. The zero-order chi connectivity index (χ0) is 19.6. The minimum atomic E-state index is -4.47. The molecule has 3 aromatic rings. The fourth-order valence-electron chi connectivity index (χ4n) is 2.33. The van der Waals surface area contributed by atoms with Gasteiger partial charge in [0.25, 0.3) is 11.6 Å². The Kier molecular flexibility index (Phi) is 4.80. The summed E-state index contributed by atoms with van der Waals surface area (Å²) in [5, 5.41) is 14.5. The number of alkyl halides is 3. The Labute approximate surface area is 150 Å². The van der Waals surface area contributed by atoms with Crippen LogP contribution in [0.25, 0.3) is 11.4 Å². The zero-order valence-electron chi connectivity index (χ0n) is 13.9. The summed E-state index contributed by atoms with van der Waals surface area (Å²) in [6, 6.07) is 8.79. The summed E-state index contributed by atoms with van der Waals surface area (Å²) in [6.07, 6.45) is -4.47. The fourth-order valence-corrected chi connectivity index (χ4v) is 2.33. The van der Waals surface area contributed by atoms with E-state index in [-0.39, 0.29) is 29.6 Å². The molecule has 0 spiro atoms. The van der Waals surface area contributed by atoms with Crippen molar-refractivity contribution in [2.45, 2.75) is 19.7 Å². The Hall–Kier alpha value is -3.43. The van der Waals surface area contributed by atoms with Crippen molar-refractivity contribution in [3.63, 3.8) is 0 Å². The quantitative estimate of drug-likeness (QED) is 0.477. The van der Waals surface area contributed by atoms with Crippen LogP contribution in [0, 0.1) is 17.0 Å². The molecule has 0 aliphatic rings. The Morgan fingerprint density at radius 3 is 2.67 bits per heavy atom. The van der Waals surface area contributed by atoms with Gasteiger partial charge < -0.3 is 9.26 Å². The number of nitro benzene ring substituents is 1. The van der Waals surface area contributed by atoms with Crippen molar-refractivity contribution in [2.24, 2.45) is 0 Å². The molecule has 0 saturated carbocycles. The number of nitro groups is 1. The highest BCUT2D eigenvalue weighted by Crippen LogP contribution is 2.31. The third-order valence-corrected chi connectivity index (χ3v) is 3.64. The van der Waals surface area contributed by atoms with Crippen LogP contribution in [0.4, 0.5) is 18.9 Å². The van der Waals surface area contributed by atoms with Crippen molar-refractivity contribution in [1.29, 1.82) is 0 Å². The molecule has 7 nitrogen and oxygen atoms in total. The van der Waals surface area contributed by atoms with Crippen molar-refractivity contribution in [3.05, 3.63) is 69.6 Å². The van der Waals surface area contributed by atoms with Crippen LogP contribution in [0.15, 0.2) is 47.0 Å². The molecule has 1 aromatic heterocycles. The zero-order valence-corrected chi connectivity index (χ0v) is 13.9. The minimum absolute atomic E-state index is 0.000389. The number of halogens is 3. The Morgan fingerprint density at radius 2 is 2.00 bits per heavy atom. The van der Waals surface area contributed by atoms with Gasteiger partial charge >= 0.3 is 6.18 Å². The number of rotatable bonds is 5. The van der Waals surface area contributed by atoms with Crippen molar-refractivity contribution < 1.29 is 27.4 Å². The second-order valence-corrected chi connectivity index (χ2v) is 5.58. The molecule has 0 fully saturated rings. The third kappa shape index (κ3) is 4.22. The number of hydrogen-bond acceptors (Lipinski definition) is 6. The summed E-state index contributed by atoms with van der Waals surface area (Å²) in [5.74, 6) is 0.412. The number of aromatic nitrogens is 2. The van der Waals surface area contributed by atoms with Crippen LogP contribution in [0.3, 0.4) is 0 Å². The van der Waals surface area contributed by atoms with Crippen molar-refractivity contribution in [2.75, 3.05) is 0 Å². The fraction of sp³-hybridized carbons (Fsp3) is 0.176. The van der Waals surface area contributed by atoms with E-state index < -0.39 is 16.7 Å². The summed E-state index contributed by atoms with van der Waals surface area (Å²) in [7, 11) is 0. The molecular formula is C17H12F3N3O4. The first kappa shape index (κ1) is 18.4. The first-order chi connectivity index (χ1) is 12.7. The molecule has 140 valence electrons. The predicted octanol–water partition coefficient (Wildman–Crippen LogP) is 4.55. The first-order valence-electron chi connectivity index (χ1n) is 7.62. The van der Waals surface area contributed by atoms with E-state index in [1.54, 1.807) is 6.92 Å². The molecule has 0 atom stereocenters. The Bertz CT molecular complexity index is 986. The molecule has 0 saturated heterocycles. The first-order valence-corrected chi connectivity index (χ1v) is 7.62. The maximum atomic E-state index is 12.8. The van der Waals surface area contributed by atoms with Crippen LogP contribution in [0.2, 0.25) is 0 Å². The average molecular weight is 379 g/mol. The Balaban J connectivity index is 1.72. The molecule has 3 rings (SSSR count). The van der Waals surface area contributed by atoms with Crippen LogP contribution < -0.4 is 4.74 Å². The number of nitrogens with zero attached hydrogens (tertiary/aromatic N) is 3. The lowest BCUT2D eigenvalue weighted by Gasteiger charge is -2.06. The summed E-state index contributed by atoms with van der Waals surface area (Å²) >= 11 is 0. The van der Waals surface area contributed by atoms with Gasteiger partial charge in [-0.1, -0.05) is 17.3 Å². The van der Waals surface area contributed by atoms with Gasteiger partial charge in [-0.15, -0.1) is 0 Å². The number of benzene rings is 2. The van der Waals surface area contributed by atoms with Crippen molar-refractivity contribution >= 4 is 5.69 Å². The molecule has 0 aliphatic heterocycles. The van der Waals surface area contributed by atoms with Crippen molar-refractivity contribution in [1.82, 2.24) is 10.1 Å². The lowest BCUT2D eigenvalue weighted by Crippen LogP contribution is -2.04. The molecule has 0 aliphatic carbocycles. The van der Waals surface area contributed by atoms with Gasteiger partial charge in [-0.05, 0) is 31.2 Å². The number of ether oxygens (including phenoxy) is 1. The van der Waals surface area contributed by atoms with Gasteiger partial charge in [0.2, 0.25) is 5.82 Å². The van der Waals surface area contributed by atoms with Crippen LogP contribution in [0.1, 0.15) is 17.0 Å². The molecule has 2 aromatic carbocycles. The van der Waals surface area contributed by atoms with Gasteiger partial charge in [0, 0.05) is 17.2 Å². The predicted molar refractivity (Wildman–Crippen MR) is 86.9 cm³/mol. The molecule has 0 amide bonds. The molecule has 10 heteroatoms. The SMILES string of the molecule is Cc1cc(OCc2nc(-c3cccc(C(F)(F)F)c3)no2)ccc1[N+](=O)[O-]. The maximum Gasteiger partial charge on any atom is 0.416 e. The van der Waals surface area contributed by atoms with Gasteiger partial charge in [-0.3, -0.25) is 10.1 Å². The molecular weight excluding hydrogens is 367 g/mol. The smallest absolute Gasteiger partial charge is 0.416 e. The molecule has 0 radical (unpaired) electrons. The topological polar surface area (TPSA) is 91.3 Å². The molecule has 1 heterocycles. The van der Waals surface area contributed by atoms with E-state index in [1.165, 1.54) is 30.3 Å². The van der Waals surface area contributed by atoms with Crippen molar-refractivity contribution in [3.8, 4) is 17.1 Å². The van der Waals surface area contributed by atoms with E-state index in [9.17, 15) is 23.3 Å². The van der Waals surface area contributed by atoms with E-state index in [4.69, 9.17) is 9.26 Å². The molecule has 0 unspecified atom stereocenters. The highest BCUT2D eigenvalue weighted by atomic mass is 19.4. The Morgan fingerprint density at radius 1 is 1.22 bits per heavy atom. The van der Waals surface area contributed by atoms with E-state index >= 15 is 0 Å². The molecule has 0 bridgehead atoms. The van der Waals surface area contributed by atoms with Gasteiger partial charge in [-0.2, -0.15) is 18.2 Å². The third-order valence-electron chi connectivity index (χ3n) is 3.64. The number of hydrogen-bond donors (Lipinski definition) is 0. The van der Waals surface area contributed by atoms with Crippen LogP contribution in [0.5, 0.6) is 5.75 Å². The van der Waals surface area contributed by atoms with E-state index in [0.717, 1.165) is 12.1 Å². The van der Waals surface area contributed by atoms with E-state index in [0.29, 0.717) is 11.3 Å². The van der Waals surface area contributed by atoms with Gasteiger partial charge in [0.05, 0.1) is 10.5 Å². The summed E-state index contributed by atoms with van der Waals surface area (Å²) in [6.45, 7) is 1.44. The second-order valence-electron chi connectivity index (χ2n) is 5.58. The highest BCUT2D eigenvalue weighted by Gasteiger charge is 2.30. The van der Waals surface area contributed by atoms with Crippen LogP contribution in [-0.4, -0.2) is 15.1 Å². The van der Waals surface area contributed by atoms with E-state index in [2.05, 4.69) is 10.1 Å². The van der Waals surface area contributed by atoms with Gasteiger partial charge in [0.15, 0.2) is 6.61 Å². The minimum Gasteiger partial charge on any atom is -0.484 e. The lowest BCUT2D eigenvalue weighted by atomic mass is 10.1. The van der Waals surface area contributed by atoms with Gasteiger partial charge in [0.1, 0.15) is 5.75 Å². The van der Waals surface area contributed by atoms with Gasteiger partial charge in [-0.25, -0.2) is 0 Å². The monoisotopic (exact) mass is 379 g/mol. The van der Waals surface area contributed by atoms with Crippen LogP contribution in [-0.2, 0) is 12.8 Å². The summed E-state index contributed by atoms with van der Waals surface area (Å²) in [4.78, 5) is 14.3. The second kappa shape index (κ2) is 7.06. The van der Waals surface area contributed by atoms with E-state index in [1.807, 2.05) is 0 Å². The molecule has 0 N–H and O–H groups in total. The normalized spacial score (nSPS) is 11.4. The lowest BCUT2D eigenvalue weighted by molar-refractivity contribution is -0.385. The maximum absolute atomic E-state index is 12.8. The molecule has 27 heavy (non-hydrogen) atoms. The average Bonchev–Trinajstić information content (AvgIpc) is 3.08.